The van der Waals surface area contributed by atoms with Crippen LogP contribution in [0.3, 0.4) is 0 Å². The van der Waals surface area contributed by atoms with Crippen LogP contribution in [-0.4, -0.2) is 50.7 Å². The highest BCUT2D eigenvalue weighted by Crippen LogP contribution is 2.29. The van der Waals surface area contributed by atoms with Crippen molar-refractivity contribution in [1.29, 1.82) is 0 Å². The average Bonchev–Trinajstić information content (AvgIpc) is 3.10. The molecule has 0 saturated heterocycles. The Morgan fingerprint density at radius 2 is 1.93 bits per heavy atom. The maximum absolute atomic E-state index is 12.5. The zero-order valence-electron chi connectivity index (χ0n) is 13.7. The molecule has 0 bridgehead atoms. The molecule has 1 atom stereocenters. The fraction of sp³-hybridized carbons (Fsp3) is 0.267. The maximum atomic E-state index is 12.5. The topological polar surface area (TPSA) is 138 Å². The fourth-order valence-electron chi connectivity index (χ4n) is 1.85. The highest BCUT2D eigenvalue weighted by Gasteiger charge is 2.38. The van der Waals surface area contributed by atoms with E-state index in [9.17, 15) is 22.8 Å². The van der Waals surface area contributed by atoms with Gasteiger partial charge in [-0.1, -0.05) is 17.3 Å². The number of aliphatic imine (C=N–C) groups is 1. The van der Waals surface area contributed by atoms with Crippen LogP contribution in [0, 0.1) is 0 Å². The summed E-state index contributed by atoms with van der Waals surface area (Å²) in [5, 5.41) is 23.3. The van der Waals surface area contributed by atoms with Gasteiger partial charge in [0.05, 0.1) is 6.54 Å². The summed E-state index contributed by atoms with van der Waals surface area (Å²) in [5.74, 6) is -3.81. The molecule has 0 aliphatic rings. The number of carbonyl (C=O) groups is 2. The second-order valence-electron chi connectivity index (χ2n) is 5.26. The predicted octanol–water partition coefficient (Wildman–Crippen LogP) is 1.35. The molecule has 1 heterocycles. The van der Waals surface area contributed by atoms with E-state index in [0.29, 0.717) is 0 Å². The van der Waals surface area contributed by atoms with Crippen molar-refractivity contribution in [2.75, 3.05) is 6.54 Å². The fourth-order valence-corrected chi connectivity index (χ4v) is 1.85. The third-order valence-electron chi connectivity index (χ3n) is 3.14. The van der Waals surface area contributed by atoms with Crippen molar-refractivity contribution >= 4 is 17.6 Å². The first-order valence-corrected chi connectivity index (χ1v) is 7.31. The summed E-state index contributed by atoms with van der Waals surface area (Å²) in [6.45, 7) is 1.31. The average molecular weight is 386 g/mol. The first kappa shape index (κ1) is 20.0. The number of aliphatic hydroxyl groups is 1. The molecule has 2 rings (SSSR count). The number of rotatable bonds is 6. The number of aliphatic hydroxyl groups excluding tert-OH is 1. The third-order valence-corrected chi connectivity index (χ3v) is 3.14. The zero-order chi connectivity index (χ0) is 20.2. The smallest absolute Gasteiger partial charge is 0.471 e. The molecule has 2 aromatic rings. The lowest BCUT2D eigenvalue weighted by molar-refractivity contribution is -0.159. The number of nitrogens with one attached hydrogen (secondary N) is 1. The lowest BCUT2D eigenvalue weighted by atomic mass is 10.1. The summed E-state index contributed by atoms with van der Waals surface area (Å²) in [4.78, 5) is 29.2. The molecule has 0 spiro atoms. The number of carboxylic acids is 1. The number of hydrogen-bond donors (Lipinski definition) is 3. The predicted molar refractivity (Wildman–Crippen MR) is 83.8 cm³/mol. The molecule has 1 aromatic carbocycles. The van der Waals surface area contributed by atoms with Gasteiger partial charge in [0.15, 0.2) is 0 Å². The molecule has 0 aliphatic carbocycles. The van der Waals surface area contributed by atoms with Gasteiger partial charge in [0, 0.05) is 16.8 Å². The van der Waals surface area contributed by atoms with Gasteiger partial charge in [-0.2, -0.15) is 18.2 Å². The van der Waals surface area contributed by atoms with Gasteiger partial charge in [-0.3, -0.25) is 9.79 Å². The molecular weight excluding hydrogens is 373 g/mol. The zero-order valence-corrected chi connectivity index (χ0v) is 13.7. The highest BCUT2D eigenvalue weighted by atomic mass is 19.4. The number of hydrogen-bond acceptors (Lipinski definition) is 7. The van der Waals surface area contributed by atoms with Crippen LogP contribution >= 0.6 is 0 Å². The summed E-state index contributed by atoms with van der Waals surface area (Å²) in [6.07, 6.45) is -6.67. The number of halogens is 3. The number of aliphatic carboxylic acids is 1. The molecule has 3 N–H and O–H groups in total. The van der Waals surface area contributed by atoms with Crippen LogP contribution in [0.25, 0.3) is 11.4 Å². The number of nitrogens with zero attached hydrogens (tertiary/aromatic N) is 3. The van der Waals surface area contributed by atoms with Crippen LogP contribution in [-0.2, 0) is 11.0 Å². The molecule has 0 saturated carbocycles. The molecule has 1 unspecified atom stereocenters. The lowest BCUT2D eigenvalue weighted by Crippen LogP contribution is -2.30. The summed E-state index contributed by atoms with van der Waals surface area (Å²) >= 11 is 0. The van der Waals surface area contributed by atoms with E-state index in [0.717, 1.165) is 0 Å². The summed E-state index contributed by atoms with van der Waals surface area (Å²) in [7, 11) is 0. The van der Waals surface area contributed by atoms with Gasteiger partial charge >= 0.3 is 18.0 Å². The molecule has 144 valence electrons. The molecule has 0 radical (unpaired) electrons. The van der Waals surface area contributed by atoms with Gasteiger partial charge in [0.1, 0.15) is 0 Å². The molecule has 1 aromatic heterocycles. The molecular formula is C15H13F3N4O5. The number of alkyl halides is 3. The van der Waals surface area contributed by atoms with Crippen molar-refractivity contribution in [3.8, 4) is 11.4 Å². The van der Waals surface area contributed by atoms with Crippen LogP contribution in [0.2, 0.25) is 0 Å². The minimum atomic E-state index is -4.75. The van der Waals surface area contributed by atoms with Gasteiger partial charge in [-0.15, -0.1) is 0 Å². The SMILES string of the molecule is CC(CNC(=O)c1ccc(-c2noc(C(F)(F)F)n2)cc1)=NC(O)C(=O)O. The summed E-state index contributed by atoms with van der Waals surface area (Å²) in [5.41, 5.74) is 0.583. The Morgan fingerprint density at radius 1 is 1.30 bits per heavy atom. The van der Waals surface area contributed by atoms with E-state index in [1.165, 1.54) is 31.2 Å². The van der Waals surface area contributed by atoms with Crippen LogP contribution in [0.1, 0.15) is 23.2 Å². The van der Waals surface area contributed by atoms with Crippen molar-refractivity contribution in [3.63, 3.8) is 0 Å². The van der Waals surface area contributed by atoms with E-state index in [1.54, 1.807) is 0 Å². The number of benzene rings is 1. The first-order valence-electron chi connectivity index (χ1n) is 7.31. The Labute approximate surface area is 149 Å². The molecule has 0 fully saturated rings. The van der Waals surface area contributed by atoms with Crippen LogP contribution < -0.4 is 5.32 Å². The number of amides is 1. The van der Waals surface area contributed by atoms with Crippen LogP contribution in [0.4, 0.5) is 13.2 Å². The van der Waals surface area contributed by atoms with E-state index in [-0.39, 0.29) is 29.2 Å². The second kappa shape index (κ2) is 7.95. The van der Waals surface area contributed by atoms with Crippen molar-refractivity contribution in [3.05, 3.63) is 35.7 Å². The quantitative estimate of drug-likeness (QED) is 0.637. The Bertz CT molecular complexity index is 861. The van der Waals surface area contributed by atoms with E-state index in [2.05, 4.69) is 25.0 Å². The molecule has 12 heteroatoms. The van der Waals surface area contributed by atoms with Crippen molar-refractivity contribution in [2.45, 2.75) is 19.3 Å². The largest absolute Gasteiger partial charge is 0.478 e. The lowest BCUT2D eigenvalue weighted by Gasteiger charge is -2.07. The Hall–Kier alpha value is -3.28. The van der Waals surface area contributed by atoms with Gasteiger partial charge in [-0.05, 0) is 19.1 Å². The van der Waals surface area contributed by atoms with Crippen molar-refractivity contribution in [2.24, 2.45) is 4.99 Å². The monoisotopic (exact) mass is 386 g/mol. The molecule has 27 heavy (non-hydrogen) atoms. The van der Waals surface area contributed by atoms with Crippen molar-refractivity contribution in [1.82, 2.24) is 15.5 Å². The molecule has 1 amide bonds. The third kappa shape index (κ3) is 5.34. The normalized spacial score (nSPS) is 13.3. The number of carbonyl (C=O) groups excluding carboxylic acids is 1. The Morgan fingerprint density at radius 3 is 2.44 bits per heavy atom. The van der Waals surface area contributed by atoms with Gasteiger partial charge in [0.2, 0.25) is 12.1 Å². The van der Waals surface area contributed by atoms with E-state index in [4.69, 9.17) is 10.2 Å². The van der Waals surface area contributed by atoms with Crippen LogP contribution in [0.5, 0.6) is 0 Å². The minimum Gasteiger partial charge on any atom is -0.478 e. The Balaban J connectivity index is 2.01. The first-order chi connectivity index (χ1) is 12.6. The minimum absolute atomic E-state index is 0.106. The number of carboxylic acid groups (broad SMARTS) is 1. The standard InChI is InChI=1S/C15H13F3N4O5/c1-7(20-12(24)13(25)26)6-19-11(23)9-4-2-8(3-5-9)10-21-14(27-22-10)15(16,17)18/h2-5,12,24H,6H2,1H3,(H,19,23)(H,25,26). The summed E-state index contributed by atoms with van der Waals surface area (Å²) < 4.78 is 41.5. The van der Waals surface area contributed by atoms with E-state index < -0.39 is 30.2 Å². The Kier molecular flexibility index (Phi) is 5.90. The van der Waals surface area contributed by atoms with Crippen LogP contribution in [0.15, 0.2) is 33.8 Å². The summed E-state index contributed by atoms with van der Waals surface area (Å²) in [6, 6.07) is 5.36. The second-order valence-corrected chi connectivity index (χ2v) is 5.26. The van der Waals surface area contributed by atoms with E-state index >= 15 is 0 Å². The highest BCUT2D eigenvalue weighted by molar-refractivity contribution is 5.97. The van der Waals surface area contributed by atoms with E-state index in [1.807, 2.05) is 0 Å². The van der Waals surface area contributed by atoms with Crippen molar-refractivity contribution < 1.29 is 37.5 Å². The van der Waals surface area contributed by atoms with Gasteiger partial charge in [0.25, 0.3) is 5.91 Å². The maximum Gasteiger partial charge on any atom is 0.471 e. The number of aromatic nitrogens is 2. The van der Waals surface area contributed by atoms with Gasteiger partial charge < -0.3 is 20.1 Å². The molecule has 9 nitrogen and oxygen atoms in total. The molecule has 0 aliphatic heterocycles. The van der Waals surface area contributed by atoms with Gasteiger partial charge in [-0.25, -0.2) is 4.79 Å².